The number of carbonyl (C=O) groups is 1. The van der Waals surface area contributed by atoms with Crippen LogP contribution < -0.4 is 11.1 Å². The smallest absolute Gasteiger partial charge is 0.252 e. The van der Waals surface area contributed by atoms with Crippen LogP contribution in [0.2, 0.25) is 0 Å². The number of benzene rings is 1. The van der Waals surface area contributed by atoms with Crippen molar-refractivity contribution in [3.8, 4) is 0 Å². The Labute approximate surface area is 103 Å². The third kappa shape index (κ3) is 3.30. The number of hydrogen-bond acceptors (Lipinski definition) is 2. The van der Waals surface area contributed by atoms with Crippen molar-refractivity contribution in [1.29, 1.82) is 0 Å². The molecule has 0 spiro atoms. The van der Waals surface area contributed by atoms with Gasteiger partial charge in [0, 0.05) is 17.1 Å². The van der Waals surface area contributed by atoms with E-state index in [1.165, 1.54) is 0 Å². The fourth-order valence-electron chi connectivity index (χ4n) is 1.45. The van der Waals surface area contributed by atoms with Crippen LogP contribution in [0.5, 0.6) is 0 Å². The summed E-state index contributed by atoms with van der Waals surface area (Å²) in [7, 11) is 0. The van der Waals surface area contributed by atoms with Gasteiger partial charge in [0.1, 0.15) is 0 Å². The summed E-state index contributed by atoms with van der Waals surface area (Å²) in [6, 6.07) is 5.77. The zero-order valence-corrected chi connectivity index (χ0v) is 11.3. The van der Waals surface area contributed by atoms with Gasteiger partial charge >= 0.3 is 0 Å². The summed E-state index contributed by atoms with van der Waals surface area (Å²) < 4.78 is 0. The van der Waals surface area contributed by atoms with Gasteiger partial charge in [-0.15, -0.1) is 0 Å². The minimum Gasteiger partial charge on any atom is -0.346 e. The molecule has 1 aromatic carbocycles. The summed E-state index contributed by atoms with van der Waals surface area (Å²) in [5, 5.41) is 2.98. The molecule has 0 fully saturated rings. The van der Waals surface area contributed by atoms with Crippen molar-refractivity contribution < 1.29 is 4.79 Å². The van der Waals surface area contributed by atoms with Crippen LogP contribution in [0, 0.1) is 13.8 Å². The molecule has 0 bridgehead atoms. The Kier molecular flexibility index (Phi) is 3.94. The van der Waals surface area contributed by atoms with Gasteiger partial charge in [0.25, 0.3) is 5.91 Å². The van der Waals surface area contributed by atoms with E-state index in [-0.39, 0.29) is 11.9 Å². The Hall–Kier alpha value is -1.35. The maximum Gasteiger partial charge on any atom is 0.252 e. The van der Waals surface area contributed by atoms with E-state index < -0.39 is 5.54 Å². The largest absolute Gasteiger partial charge is 0.346 e. The highest BCUT2D eigenvalue weighted by Gasteiger charge is 2.25. The lowest BCUT2D eigenvalue weighted by Crippen LogP contribution is -2.54. The lowest BCUT2D eigenvalue weighted by Gasteiger charge is -2.30. The Balaban J connectivity index is 2.94. The second-order valence-corrected chi connectivity index (χ2v) is 5.28. The first-order valence-electron chi connectivity index (χ1n) is 5.89. The number of aryl methyl sites for hydroxylation is 2. The van der Waals surface area contributed by atoms with E-state index in [2.05, 4.69) is 5.32 Å². The molecular weight excluding hydrogens is 212 g/mol. The molecular formula is C14H22N2O. The normalized spacial score (nSPS) is 13.3. The van der Waals surface area contributed by atoms with Crippen LogP contribution >= 0.6 is 0 Å². The lowest BCUT2D eigenvalue weighted by atomic mass is 9.95. The molecule has 3 N–H and O–H groups in total. The molecule has 0 saturated carbocycles. The molecule has 94 valence electrons. The highest BCUT2D eigenvalue weighted by atomic mass is 16.1. The molecule has 0 heterocycles. The van der Waals surface area contributed by atoms with Crippen molar-refractivity contribution in [2.75, 3.05) is 0 Å². The number of amides is 1. The minimum absolute atomic E-state index is 0.0616. The first-order valence-corrected chi connectivity index (χ1v) is 5.89. The Morgan fingerprint density at radius 2 is 1.94 bits per heavy atom. The van der Waals surface area contributed by atoms with E-state index in [0.29, 0.717) is 0 Å². The summed E-state index contributed by atoms with van der Waals surface area (Å²) >= 11 is 0. The maximum atomic E-state index is 12.2. The van der Waals surface area contributed by atoms with Crippen LogP contribution in [0.4, 0.5) is 0 Å². The van der Waals surface area contributed by atoms with Crippen molar-refractivity contribution in [2.45, 2.75) is 46.2 Å². The molecule has 0 aliphatic rings. The Bertz CT molecular complexity index is 422. The van der Waals surface area contributed by atoms with Gasteiger partial charge in [0.05, 0.1) is 0 Å². The van der Waals surface area contributed by atoms with Crippen LogP contribution in [0.3, 0.4) is 0 Å². The standard InChI is InChI=1S/C14H22N2O/c1-9-6-7-10(2)12(8-9)13(17)16-14(4,5)11(3)15/h6-8,11H,15H2,1-5H3,(H,16,17). The highest BCUT2D eigenvalue weighted by Crippen LogP contribution is 2.13. The molecule has 0 saturated heterocycles. The van der Waals surface area contributed by atoms with Gasteiger partial charge < -0.3 is 11.1 Å². The van der Waals surface area contributed by atoms with Crippen molar-refractivity contribution in [3.63, 3.8) is 0 Å². The summed E-state index contributed by atoms with van der Waals surface area (Å²) in [5.41, 5.74) is 8.22. The van der Waals surface area contributed by atoms with E-state index in [1.54, 1.807) is 0 Å². The van der Waals surface area contributed by atoms with Crippen LogP contribution in [0.25, 0.3) is 0 Å². The SMILES string of the molecule is Cc1ccc(C)c(C(=O)NC(C)(C)C(C)N)c1. The van der Waals surface area contributed by atoms with Gasteiger partial charge in [0.15, 0.2) is 0 Å². The minimum atomic E-state index is -0.409. The average Bonchev–Trinajstić information content (AvgIpc) is 2.20. The molecule has 0 aliphatic heterocycles. The van der Waals surface area contributed by atoms with Gasteiger partial charge in [-0.3, -0.25) is 4.79 Å². The quantitative estimate of drug-likeness (QED) is 0.842. The number of rotatable bonds is 3. The lowest BCUT2D eigenvalue weighted by molar-refractivity contribution is 0.0902. The van der Waals surface area contributed by atoms with E-state index in [0.717, 1.165) is 16.7 Å². The molecule has 0 radical (unpaired) electrons. The average molecular weight is 234 g/mol. The molecule has 1 unspecified atom stereocenters. The fourth-order valence-corrected chi connectivity index (χ4v) is 1.45. The topological polar surface area (TPSA) is 55.1 Å². The monoisotopic (exact) mass is 234 g/mol. The van der Waals surface area contributed by atoms with Gasteiger partial charge in [-0.2, -0.15) is 0 Å². The van der Waals surface area contributed by atoms with Crippen LogP contribution in [-0.2, 0) is 0 Å². The van der Waals surface area contributed by atoms with Gasteiger partial charge in [-0.25, -0.2) is 0 Å². The predicted octanol–water partition coefficient (Wildman–Crippen LogP) is 2.16. The Morgan fingerprint density at radius 1 is 1.35 bits per heavy atom. The van der Waals surface area contributed by atoms with Gasteiger partial charge in [0.2, 0.25) is 0 Å². The number of hydrogen-bond donors (Lipinski definition) is 2. The number of carbonyl (C=O) groups excluding carboxylic acids is 1. The van der Waals surface area contributed by atoms with Crippen molar-refractivity contribution in [1.82, 2.24) is 5.32 Å². The summed E-state index contributed by atoms with van der Waals surface area (Å²) in [6.07, 6.45) is 0. The second kappa shape index (κ2) is 4.88. The van der Waals surface area contributed by atoms with E-state index in [4.69, 9.17) is 5.73 Å². The molecule has 3 heteroatoms. The van der Waals surface area contributed by atoms with Crippen molar-refractivity contribution in [2.24, 2.45) is 5.73 Å². The highest BCUT2D eigenvalue weighted by molar-refractivity contribution is 5.96. The second-order valence-electron chi connectivity index (χ2n) is 5.28. The summed E-state index contributed by atoms with van der Waals surface area (Å²) in [6.45, 7) is 9.67. The third-order valence-electron chi connectivity index (χ3n) is 3.21. The van der Waals surface area contributed by atoms with Crippen LogP contribution in [-0.4, -0.2) is 17.5 Å². The number of nitrogens with one attached hydrogen (secondary N) is 1. The van der Waals surface area contributed by atoms with E-state index in [1.807, 2.05) is 52.8 Å². The first kappa shape index (κ1) is 13.7. The van der Waals surface area contributed by atoms with Crippen molar-refractivity contribution >= 4 is 5.91 Å². The molecule has 1 amide bonds. The summed E-state index contributed by atoms with van der Waals surface area (Å²) in [4.78, 5) is 12.2. The molecule has 1 aromatic rings. The van der Waals surface area contributed by atoms with E-state index >= 15 is 0 Å². The fraction of sp³-hybridized carbons (Fsp3) is 0.500. The maximum absolute atomic E-state index is 12.2. The molecule has 0 aromatic heterocycles. The van der Waals surface area contributed by atoms with Gasteiger partial charge in [-0.05, 0) is 46.2 Å². The number of nitrogens with two attached hydrogens (primary N) is 1. The molecule has 1 rings (SSSR count). The molecule has 17 heavy (non-hydrogen) atoms. The predicted molar refractivity (Wildman–Crippen MR) is 71.1 cm³/mol. The Morgan fingerprint density at radius 3 is 2.47 bits per heavy atom. The zero-order chi connectivity index (χ0) is 13.2. The summed E-state index contributed by atoms with van der Waals surface area (Å²) in [5.74, 6) is -0.0616. The molecule has 3 nitrogen and oxygen atoms in total. The van der Waals surface area contributed by atoms with Crippen LogP contribution in [0.1, 0.15) is 42.3 Å². The van der Waals surface area contributed by atoms with Gasteiger partial charge in [-0.1, -0.05) is 17.7 Å². The third-order valence-corrected chi connectivity index (χ3v) is 3.21. The first-order chi connectivity index (χ1) is 7.74. The molecule has 0 aliphatic carbocycles. The van der Waals surface area contributed by atoms with Crippen molar-refractivity contribution in [3.05, 3.63) is 34.9 Å². The van der Waals surface area contributed by atoms with E-state index in [9.17, 15) is 4.79 Å². The van der Waals surface area contributed by atoms with Crippen LogP contribution in [0.15, 0.2) is 18.2 Å². The molecule has 1 atom stereocenters. The zero-order valence-electron chi connectivity index (χ0n) is 11.3.